The van der Waals surface area contributed by atoms with Gasteiger partial charge < -0.3 is 10.5 Å². The normalized spacial score (nSPS) is 13.8. The lowest BCUT2D eigenvalue weighted by Gasteiger charge is -2.13. The average molecular weight is 478 g/mol. The molecule has 2 aromatic carbocycles. The van der Waals surface area contributed by atoms with E-state index in [4.69, 9.17) is 10.5 Å². The van der Waals surface area contributed by atoms with Crippen molar-refractivity contribution >= 4 is 26.9 Å². The number of methoxy groups -OCH3 is 1. The van der Waals surface area contributed by atoms with Crippen LogP contribution in [0, 0.1) is 5.92 Å². The molecule has 5 rings (SSSR count). The third-order valence-corrected chi connectivity index (χ3v) is 7.22. The molecule has 3 N–H and O–H groups in total. The van der Waals surface area contributed by atoms with Gasteiger partial charge in [-0.1, -0.05) is 24.3 Å². The summed E-state index contributed by atoms with van der Waals surface area (Å²) in [6.45, 7) is 0.387. The Morgan fingerprint density at radius 1 is 1.12 bits per heavy atom. The summed E-state index contributed by atoms with van der Waals surface area (Å²) in [5, 5.41) is 0.350. The molecule has 10 heteroatoms. The molecule has 0 spiro atoms. The summed E-state index contributed by atoms with van der Waals surface area (Å²) in [5.74, 6) is 0.468. The number of hydrogen-bond donors (Lipinski definition) is 2. The van der Waals surface area contributed by atoms with E-state index in [0.717, 1.165) is 12.8 Å². The van der Waals surface area contributed by atoms with Crippen molar-refractivity contribution in [2.24, 2.45) is 5.92 Å². The lowest BCUT2D eigenvalue weighted by Crippen LogP contribution is -2.26. The highest BCUT2D eigenvalue weighted by molar-refractivity contribution is 7.89. The van der Waals surface area contributed by atoms with Crippen molar-refractivity contribution in [3.05, 3.63) is 71.1 Å². The monoisotopic (exact) mass is 477 g/mol. The van der Waals surface area contributed by atoms with Crippen LogP contribution in [0.2, 0.25) is 0 Å². The van der Waals surface area contributed by atoms with Crippen molar-refractivity contribution in [2.75, 3.05) is 19.4 Å². The molecule has 0 saturated heterocycles. The fraction of sp³-hybridized carbons (Fsp3) is 0.208. The van der Waals surface area contributed by atoms with Crippen LogP contribution in [0.15, 0.2) is 70.5 Å². The van der Waals surface area contributed by atoms with Crippen LogP contribution >= 0.6 is 0 Å². The molecule has 0 radical (unpaired) electrons. The van der Waals surface area contributed by atoms with Gasteiger partial charge in [0.05, 0.1) is 23.7 Å². The number of anilines is 1. The molecule has 0 amide bonds. The zero-order valence-electron chi connectivity index (χ0n) is 18.4. The molecule has 4 aromatic rings. The van der Waals surface area contributed by atoms with Crippen molar-refractivity contribution in [2.45, 2.75) is 17.7 Å². The van der Waals surface area contributed by atoms with Gasteiger partial charge in [-0.3, -0.25) is 4.79 Å². The number of nitrogens with zero attached hydrogens (tertiary/aromatic N) is 3. The third kappa shape index (κ3) is 4.13. The highest BCUT2D eigenvalue weighted by Gasteiger charge is 2.27. The van der Waals surface area contributed by atoms with Crippen LogP contribution in [0.5, 0.6) is 5.88 Å². The molecular formula is C24H23N5O4S. The molecule has 1 fully saturated rings. The first-order valence-corrected chi connectivity index (χ1v) is 12.3. The Labute approximate surface area is 196 Å². The SMILES string of the molecule is COc1ncc(-c2ccc3nc(N)n(-c4ccccc4)c(=O)c3c2)cc1S(=O)(=O)NCC1CC1. The lowest BCUT2D eigenvalue weighted by molar-refractivity contribution is 0.385. The van der Waals surface area contributed by atoms with Gasteiger partial charge >= 0.3 is 0 Å². The smallest absolute Gasteiger partial charge is 0.267 e. The predicted molar refractivity (Wildman–Crippen MR) is 129 cm³/mol. The van der Waals surface area contributed by atoms with Crippen molar-refractivity contribution in [3.63, 3.8) is 0 Å². The molecule has 0 aliphatic heterocycles. The van der Waals surface area contributed by atoms with Crippen molar-refractivity contribution in [1.82, 2.24) is 19.3 Å². The zero-order chi connectivity index (χ0) is 23.9. The number of hydrogen-bond acceptors (Lipinski definition) is 7. The molecule has 174 valence electrons. The summed E-state index contributed by atoms with van der Waals surface area (Å²) >= 11 is 0. The zero-order valence-corrected chi connectivity index (χ0v) is 19.2. The quantitative estimate of drug-likeness (QED) is 0.419. The van der Waals surface area contributed by atoms with Gasteiger partial charge in [0, 0.05) is 18.3 Å². The highest BCUT2D eigenvalue weighted by atomic mass is 32.2. The Kier molecular flexibility index (Phi) is 5.54. The molecule has 34 heavy (non-hydrogen) atoms. The molecule has 2 heterocycles. The molecule has 1 saturated carbocycles. The second kappa shape index (κ2) is 8.54. The number of benzene rings is 2. The van der Waals surface area contributed by atoms with Crippen molar-refractivity contribution in [1.29, 1.82) is 0 Å². The molecule has 0 bridgehead atoms. The maximum absolute atomic E-state index is 13.3. The Balaban J connectivity index is 1.61. The van der Waals surface area contributed by atoms with E-state index in [2.05, 4.69) is 14.7 Å². The second-order valence-electron chi connectivity index (χ2n) is 8.20. The summed E-state index contributed by atoms with van der Waals surface area (Å²) in [5.41, 5.74) is 7.94. The Bertz CT molecular complexity index is 1550. The molecule has 2 aromatic heterocycles. The maximum atomic E-state index is 13.3. The fourth-order valence-electron chi connectivity index (χ4n) is 3.77. The standard InChI is InChI=1S/C24H23N5O4S/c1-33-22-21(34(31,32)27-13-15-7-8-15)12-17(14-26-22)16-9-10-20-19(11-16)23(30)29(24(25)28-20)18-5-3-2-4-6-18/h2-6,9-12,14-15,27H,7-8,13H2,1H3,(H2,25,28). The van der Waals surface area contributed by atoms with Crippen LogP contribution in [-0.4, -0.2) is 36.6 Å². The molecular weight excluding hydrogens is 454 g/mol. The molecule has 0 atom stereocenters. The van der Waals surface area contributed by atoms with Crippen molar-refractivity contribution in [3.8, 4) is 22.7 Å². The van der Waals surface area contributed by atoms with E-state index < -0.39 is 10.0 Å². The predicted octanol–water partition coefficient (Wildman–Crippen LogP) is 2.73. The summed E-state index contributed by atoms with van der Waals surface area (Å²) in [6, 6.07) is 15.6. The van der Waals surface area contributed by atoms with Gasteiger partial charge in [0.15, 0.2) is 0 Å². The van der Waals surface area contributed by atoms with E-state index in [1.54, 1.807) is 30.3 Å². The van der Waals surface area contributed by atoms with Crippen LogP contribution < -0.4 is 20.8 Å². The number of nitrogens with one attached hydrogen (secondary N) is 1. The largest absolute Gasteiger partial charge is 0.480 e. The maximum Gasteiger partial charge on any atom is 0.267 e. The number of ether oxygens (including phenoxy) is 1. The Morgan fingerprint density at radius 2 is 1.88 bits per heavy atom. The molecule has 9 nitrogen and oxygen atoms in total. The summed E-state index contributed by atoms with van der Waals surface area (Å²) in [7, 11) is -2.44. The minimum absolute atomic E-state index is 0.00806. The van der Waals surface area contributed by atoms with Gasteiger partial charge in [0.25, 0.3) is 5.56 Å². The van der Waals surface area contributed by atoms with Gasteiger partial charge in [0.2, 0.25) is 21.9 Å². The number of sulfonamides is 1. The number of pyridine rings is 1. The first kappa shape index (κ1) is 22.1. The lowest BCUT2D eigenvalue weighted by atomic mass is 10.1. The Morgan fingerprint density at radius 3 is 2.59 bits per heavy atom. The average Bonchev–Trinajstić information content (AvgIpc) is 3.68. The summed E-state index contributed by atoms with van der Waals surface area (Å²) in [6.07, 6.45) is 3.56. The van der Waals surface area contributed by atoms with E-state index >= 15 is 0 Å². The number of fused-ring (bicyclic) bond motifs is 1. The van der Waals surface area contributed by atoms with Crippen LogP contribution in [0.4, 0.5) is 5.95 Å². The van der Waals surface area contributed by atoms with Gasteiger partial charge in [-0.25, -0.2) is 27.7 Å². The number of aromatic nitrogens is 3. The molecule has 1 aliphatic rings. The topological polar surface area (TPSA) is 129 Å². The van der Waals surface area contributed by atoms with Gasteiger partial charge in [0.1, 0.15) is 4.90 Å². The Hall–Kier alpha value is -3.76. The van der Waals surface area contributed by atoms with E-state index in [9.17, 15) is 13.2 Å². The number of rotatable bonds is 7. The fourth-order valence-corrected chi connectivity index (χ4v) is 5.03. The van der Waals surface area contributed by atoms with E-state index in [1.165, 1.54) is 23.9 Å². The van der Waals surface area contributed by atoms with Crippen LogP contribution in [0.3, 0.4) is 0 Å². The minimum Gasteiger partial charge on any atom is -0.480 e. The van der Waals surface area contributed by atoms with E-state index in [-0.39, 0.29) is 22.3 Å². The van der Waals surface area contributed by atoms with Crippen LogP contribution in [-0.2, 0) is 10.0 Å². The van der Waals surface area contributed by atoms with Gasteiger partial charge in [-0.2, -0.15) is 0 Å². The summed E-state index contributed by atoms with van der Waals surface area (Å²) in [4.78, 5) is 21.8. The van der Waals surface area contributed by atoms with Crippen LogP contribution in [0.1, 0.15) is 12.8 Å². The molecule has 0 unspecified atom stereocenters. The van der Waals surface area contributed by atoms with E-state index in [0.29, 0.717) is 40.2 Å². The van der Waals surface area contributed by atoms with Gasteiger partial charge in [-0.05, 0) is 54.7 Å². The first-order valence-electron chi connectivity index (χ1n) is 10.8. The second-order valence-corrected chi connectivity index (χ2v) is 9.94. The molecule has 1 aliphatic carbocycles. The minimum atomic E-state index is -3.82. The third-order valence-electron chi connectivity index (χ3n) is 5.80. The van der Waals surface area contributed by atoms with Crippen LogP contribution in [0.25, 0.3) is 27.7 Å². The number of nitrogens with two attached hydrogens (primary N) is 1. The first-order chi connectivity index (χ1) is 16.4. The number of nitrogen functional groups attached to an aromatic ring is 1. The number of para-hydroxylation sites is 1. The van der Waals surface area contributed by atoms with Crippen molar-refractivity contribution < 1.29 is 13.2 Å². The van der Waals surface area contributed by atoms with Gasteiger partial charge in [-0.15, -0.1) is 0 Å². The van der Waals surface area contributed by atoms with E-state index in [1.807, 2.05) is 18.2 Å². The highest BCUT2D eigenvalue weighted by Crippen LogP contribution is 2.31. The summed E-state index contributed by atoms with van der Waals surface area (Å²) < 4.78 is 35.0.